The summed E-state index contributed by atoms with van der Waals surface area (Å²) in [6, 6.07) is 14.1. The largest absolute Gasteiger partial charge is 0.294 e. The Morgan fingerprint density at radius 1 is 0.730 bits per heavy atom. The van der Waals surface area contributed by atoms with Crippen molar-refractivity contribution in [2.75, 3.05) is 0 Å². The van der Waals surface area contributed by atoms with Crippen LogP contribution < -0.4 is 0 Å². The molecule has 0 bridgehead atoms. The summed E-state index contributed by atoms with van der Waals surface area (Å²) in [6.45, 7) is 2.24. The molecule has 1 unspecified atom stereocenters. The number of rotatable bonds is 12. The molecular formula is C36H50O. The third-order valence-corrected chi connectivity index (χ3v) is 9.93. The molecule has 37 heavy (non-hydrogen) atoms. The highest BCUT2D eigenvalue weighted by Crippen LogP contribution is 2.33. The molecule has 0 saturated heterocycles. The van der Waals surface area contributed by atoms with Crippen LogP contribution in [-0.2, 0) is 32.1 Å². The fourth-order valence-corrected chi connectivity index (χ4v) is 7.36. The monoisotopic (exact) mass is 498 g/mol. The van der Waals surface area contributed by atoms with Crippen LogP contribution in [0.25, 0.3) is 0 Å². The molecule has 2 fully saturated rings. The Kier molecular flexibility index (Phi) is 9.57. The number of Topliss-reactive ketones (excluding diaryl/α,β-unsaturated/α-hetero) is 1. The molecule has 0 aliphatic heterocycles. The average molecular weight is 499 g/mol. The lowest BCUT2D eigenvalue weighted by Crippen LogP contribution is -2.19. The van der Waals surface area contributed by atoms with Crippen molar-refractivity contribution in [1.82, 2.24) is 0 Å². The maximum Gasteiger partial charge on any atom is 0.163 e. The minimum atomic E-state index is 0.378. The van der Waals surface area contributed by atoms with E-state index in [1.165, 1.54) is 106 Å². The first-order chi connectivity index (χ1) is 18.2. The van der Waals surface area contributed by atoms with Crippen molar-refractivity contribution in [3.8, 4) is 0 Å². The summed E-state index contributed by atoms with van der Waals surface area (Å²) in [5.41, 5.74) is 8.34. The van der Waals surface area contributed by atoms with Gasteiger partial charge in [0.2, 0.25) is 0 Å². The Bertz CT molecular complexity index is 1020. The van der Waals surface area contributed by atoms with Crippen molar-refractivity contribution in [2.24, 2.45) is 17.8 Å². The molecule has 0 amide bonds. The third-order valence-electron chi connectivity index (χ3n) is 9.93. The average Bonchev–Trinajstić information content (AvgIpc) is 2.90. The van der Waals surface area contributed by atoms with E-state index in [4.69, 9.17) is 0 Å². The first kappa shape index (κ1) is 26.7. The van der Waals surface area contributed by atoms with Crippen LogP contribution in [-0.4, -0.2) is 5.78 Å². The second kappa shape index (κ2) is 13.3. The van der Waals surface area contributed by atoms with E-state index in [9.17, 15) is 4.79 Å². The zero-order chi connectivity index (χ0) is 25.5. The van der Waals surface area contributed by atoms with Crippen LogP contribution in [0.5, 0.6) is 0 Å². The first-order valence-electron chi connectivity index (χ1n) is 15.9. The van der Waals surface area contributed by atoms with Gasteiger partial charge in [-0.15, -0.1) is 0 Å². The van der Waals surface area contributed by atoms with Gasteiger partial charge in [0.05, 0.1) is 0 Å². The number of ketones is 1. The molecule has 0 radical (unpaired) electrons. The van der Waals surface area contributed by atoms with Crippen LogP contribution in [0, 0.1) is 17.8 Å². The zero-order valence-electron chi connectivity index (χ0n) is 23.5. The Morgan fingerprint density at radius 3 is 2.27 bits per heavy atom. The topological polar surface area (TPSA) is 17.1 Å². The molecule has 0 N–H and O–H groups in total. The summed E-state index contributed by atoms with van der Waals surface area (Å²) < 4.78 is 0. The first-order valence-corrected chi connectivity index (χ1v) is 15.9. The van der Waals surface area contributed by atoms with E-state index in [-0.39, 0.29) is 0 Å². The molecular weight excluding hydrogens is 448 g/mol. The number of fused-ring (bicyclic) bond motifs is 1. The van der Waals surface area contributed by atoms with E-state index >= 15 is 0 Å². The predicted octanol–water partition coefficient (Wildman–Crippen LogP) is 9.65. The number of hydrogen-bond donors (Lipinski definition) is 0. The van der Waals surface area contributed by atoms with Crippen molar-refractivity contribution < 1.29 is 4.79 Å². The SMILES string of the molecule is CCCc1cc(CCC2CCCCC2)ccc1C(=O)CC1CCc2cc(CCCC3CCC3)ccc2C1. The number of aryl methyl sites for hydroxylation is 4. The minimum Gasteiger partial charge on any atom is -0.294 e. The standard InChI is InChI=1S/C36H50O/c1-2-8-34-24-30(16-15-28-9-4-3-5-10-28)19-22-35(34)36(37)26-31-18-21-32-23-29(17-20-33(32)25-31)14-7-13-27-11-6-12-27/h17,19-20,22-24,27-28,31H,2-16,18,21,25-26H2,1H3. The normalized spacial score (nSPS) is 20.4. The molecule has 0 spiro atoms. The summed E-state index contributed by atoms with van der Waals surface area (Å²) in [5, 5.41) is 0. The van der Waals surface area contributed by atoms with Crippen molar-refractivity contribution in [3.63, 3.8) is 0 Å². The van der Waals surface area contributed by atoms with Crippen molar-refractivity contribution in [1.29, 1.82) is 0 Å². The van der Waals surface area contributed by atoms with Gasteiger partial charge in [0.15, 0.2) is 5.78 Å². The van der Waals surface area contributed by atoms with Gasteiger partial charge in [0.25, 0.3) is 0 Å². The van der Waals surface area contributed by atoms with Gasteiger partial charge in [-0.2, -0.15) is 0 Å². The number of benzene rings is 2. The fourth-order valence-electron chi connectivity index (χ4n) is 7.36. The Labute approximate surface area is 226 Å². The van der Waals surface area contributed by atoms with E-state index in [1.54, 1.807) is 5.56 Å². The molecule has 3 aliphatic carbocycles. The van der Waals surface area contributed by atoms with Crippen LogP contribution in [0.2, 0.25) is 0 Å². The second-order valence-corrected chi connectivity index (χ2v) is 12.8. The quantitative estimate of drug-likeness (QED) is 0.266. The predicted molar refractivity (Wildman–Crippen MR) is 157 cm³/mol. The van der Waals surface area contributed by atoms with Crippen molar-refractivity contribution in [3.05, 3.63) is 69.8 Å². The van der Waals surface area contributed by atoms with Crippen molar-refractivity contribution in [2.45, 2.75) is 129 Å². The lowest BCUT2D eigenvalue weighted by molar-refractivity contribution is 0.0956. The highest BCUT2D eigenvalue weighted by Gasteiger charge is 2.23. The summed E-state index contributed by atoms with van der Waals surface area (Å²) in [4.78, 5) is 13.5. The maximum absolute atomic E-state index is 13.5. The smallest absolute Gasteiger partial charge is 0.163 e. The van der Waals surface area contributed by atoms with Crippen LogP contribution in [0.15, 0.2) is 36.4 Å². The molecule has 2 aromatic carbocycles. The second-order valence-electron chi connectivity index (χ2n) is 12.8. The van der Waals surface area contributed by atoms with Crippen LogP contribution in [0.1, 0.15) is 135 Å². The summed E-state index contributed by atoms with van der Waals surface area (Å²) in [6.07, 6.45) is 24.2. The Balaban J connectivity index is 1.15. The Morgan fingerprint density at radius 2 is 1.49 bits per heavy atom. The Hall–Kier alpha value is -1.89. The van der Waals surface area contributed by atoms with Crippen LogP contribution in [0.3, 0.4) is 0 Å². The van der Waals surface area contributed by atoms with E-state index in [0.717, 1.165) is 49.5 Å². The molecule has 200 valence electrons. The van der Waals surface area contributed by atoms with Crippen molar-refractivity contribution >= 4 is 5.78 Å². The summed E-state index contributed by atoms with van der Waals surface area (Å²) in [7, 11) is 0. The van der Waals surface area contributed by atoms with Crippen LogP contribution >= 0.6 is 0 Å². The molecule has 3 aliphatic rings. The zero-order valence-corrected chi connectivity index (χ0v) is 23.5. The highest BCUT2D eigenvalue weighted by molar-refractivity contribution is 5.97. The number of hydrogen-bond acceptors (Lipinski definition) is 1. The fraction of sp³-hybridized carbons (Fsp3) is 0.639. The van der Waals surface area contributed by atoms with Gasteiger partial charge in [-0.3, -0.25) is 4.79 Å². The highest BCUT2D eigenvalue weighted by atomic mass is 16.1. The summed E-state index contributed by atoms with van der Waals surface area (Å²) in [5.74, 6) is 2.81. The third kappa shape index (κ3) is 7.36. The van der Waals surface area contributed by atoms with Gasteiger partial charge in [0.1, 0.15) is 0 Å². The van der Waals surface area contributed by atoms with Crippen LogP contribution in [0.4, 0.5) is 0 Å². The molecule has 5 rings (SSSR count). The van der Waals surface area contributed by atoms with Gasteiger partial charge >= 0.3 is 0 Å². The van der Waals surface area contributed by atoms with E-state index in [1.807, 2.05) is 0 Å². The molecule has 0 heterocycles. The maximum atomic E-state index is 13.5. The van der Waals surface area contributed by atoms with Gasteiger partial charge in [-0.25, -0.2) is 0 Å². The molecule has 2 saturated carbocycles. The van der Waals surface area contributed by atoms with E-state index in [0.29, 0.717) is 18.1 Å². The molecule has 1 atom stereocenters. The summed E-state index contributed by atoms with van der Waals surface area (Å²) >= 11 is 0. The molecule has 2 aromatic rings. The minimum absolute atomic E-state index is 0.378. The van der Waals surface area contributed by atoms with Gasteiger partial charge in [-0.05, 0) is 96.9 Å². The molecule has 1 heteroatoms. The lowest BCUT2D eigenvalue weighted by Gasteiger charge is -2.26. The van der Waals surface area contributed by atoms with Gasteiger partial charge in [-0.1, -0.05) is 108 Å². The van der Waals surface area contributed by atoms with E-state index < -0.39 is 0 Å². The van der Waals surface area contributed by atoms with Gasteiger partial charge < -0.3 is 0 Å². The molecule has 1 nitrogen and oxygen atoms in total. The van der Waals surface area contributed by atoms with E-state index in [2.05, 4.69) is 43.3 Å². The molecule has 0 aromatic heterocycles. The van der Waals surface area contributed by atoms with Gasteiger partial charge in [0, 0.05) is 12.0 Å². The number of carbonyl (C=O) groups excluding carboxylic acids is 1. The lowest BCUT2D eigenvalue weighted by atomic mass is 9.79. The number of carbonyl (C=O) groups is 1.